The zero-order valence-corrected chi connectivity index (χ0v) is 11.2. The molecule has 16 heavy (non-hydrogen) atoms. The molecule has 2 nitrogen and oxygen atoms in total. The Morgan fingerprint density at radius 2 is 1.56 bits per heavy atom. The molecule has 2 saturated heterocycles. The number of likely N-dealkylation sites (tertiary alicyclic amines) is 1. The van der Waals surface area contributed by atoms with Gasteiger partial charge in [0.15, 0.2) is 0 Å². The molecule has 0 aromatic rings. The third-order valence-electron chi connectivity index (χ3n) is 4.01. The number of piperidine rings is 1. The van der Waals surface area contributed by atoms with Crippen LogP contribution in [0.15, 0.2) is 0 Å². The quantitative estimate of drug-likeness (QED) is 0.824. The molecule has 96 valence electrons. The molecular formula is C13H27ClN2. The van der Waals surface area contributed by atoms with Gasteiger partial charge in [-0.15, -0.1) is 12.4 Å². The molecule has 0 radical (unpaired) electrons. The molecule has 2 heterocycles. The topological polar surface area (TPSA) is 15.3 Å². The second-order valence-corrected chi connectivity index (χ2v) is 5.24. The minimum Gasteiger partial charge on any atom is -0.317 e. The second-order valence-electron chi connectivity index (χ2n) is 5.24. The van der Waals surface area contributed by atoms with E-state index >= 15 is 0 Å². The van der Waals surface area contributed by atoms with Crippen LogP contribution in [0.25, 0.3) is 0 Å². The van der Waals surface area contributed by atoms with Crippen molar-refractivity contribution >= 4 is 12.4 Å². The lowest BCUT2D eigenvalue weighted by Gasteiger charge is -2.26. The minimum atomic E-state index is 0. The van der Waals surface area contributed by atoms with Gasteiger partial charge in [0, 0.05) is 0 Å². The van der Waals surface area contributed by atoms with Crippen LogP contribution >= 0.6 is 12.4 Å². The number of halogens is 1. The van der Waals surface area contributed by atoms with E-state index in [1.807, 2.05) is 0 Å². The summed E-state index contributed by atoms with van der Waals surface area (Å²) in [6.07, 6.45) is 10.1. The van der Waals surface area contributed by atoms with Crippen LogP contribution in [0.4, 0.5) is 0 Å². The molecule has 0 spiro atoms. The molecule has 2 aliphatic heterocycles. The van der Waals surface area contributed by atoms with Crippen LogP contribution in [0.5, 0.6) is 0 Å². The van der Waals surface area contributed by atoms with Crippen LogP contribution in [0, 0.1) is 5.92 Å². The van der Waals surface area contributed by atoms with Crippen molar-refractivity contribution in [2.24, 2.45) is 5.92 Å². The Bertz CT molecular complexity index is 161. The van der Waals surface area contributed by atoms with Crippen molar-refractivity contribution in [2.45, 2.75) is 44.9 Å². The molecule has 2 rings (SSSR count). The lowest BCUT2D eigenvalue weighted by Crippen LogP contribution is -2.31. The van der Waals surface area contributed by atoms with Gasteiger partial charge in [0.2, 0.25) is 0 Å². The van der Waals surface area contributed by atoms with Crippen LogP contribution < -0.4 is 5.32 Å². The third-order valence-corrected chi connectivity index (χ3v) is 4.01. The Morgan fingerprint density at radius 3 is 2.19 bits per heavy atom. The van der Waals surface area contributed by atoms with Gasteiger partial charge < -0.3 is 10.2 Å². The standard InChI is InChI=1S/C13H26N2.ClH/c1-2-4-11-15(10-3-1)12-7-13-5-8-14-9-6-13;/h13-14H,1-12H2;1H. The van der Waals surface area contributed by atoms with Gasteiger partial charge in [-0.3, -0.25) is 0 Å². The maximum Gasteiger partial charge on any atom is -0.00161 e. The number of nitrogens with zero attached hydrogens (tertiary/aromatic N) is 1. The highest BCUT2D eigenvalue weighted by molar-refractivity contribution is 5.85. The number of nitrogens with one attached hydrogen (secondary N) is 1. The summed E-state index contributed by atoms with van der Waals surface area (Å²) < 4.78 is 0. The molecule has 2 aliphatic rings. The van der Waals surface area contributed by atoms with E-state index in [9.17, 15) is 0 Å². The second kappa shape index (κ2) is 8.32. The number of hydrogen-bond acceptors (Lipinski definition) is 2. The van der Waals surface area contributed by atoms with Crippen LogP contribution in [0.2, 0.25) is 0 Å². The van der Waals surface area contributed by atoms with E-state index in [0.717, 1.165) is 5.92 Å². The highest BCUT2D eigenvalue weighted by atomic mass is 35.5. The lowest BCUT2D eigenvalue weighted by molar-refractivity contribution is 0.242. The summed E-state index contributed by atoms with van der Waals surface area (Å²) in [4.78, 5) is 2.70. The molecule has 0 atom stereocenters. The monoisotopic (exact) mass is 246 g/mol. The molecule has 2 fully saturated rings. The van der Waals surface area contributed by atoms with Crippen molar-refractivity contribution in [3.63, 3.8) is 0 Å². The average Bonchev–Trinajstić information content (AvgIpc) is 2.56. The highest BCUT2D eigenvalue weighted by Crippen LogP contribution is 2.17. The van der Waals surface area contributed by atoms with Crippen molar-refractivity contribution in [1.82, 2.24) is 10.2 Å². The van der Waals surface area contributed by atoms with E-state index in [2.05, 4.69) is 10.2 Å². The normalized spacial score (nSPS) is 24.8. The van der Waals surface area contributed by atoms with Gasteiger partial charge in [-0.25, -0.2) is 0 Å². The van der Waals surface area contributed by atoms with E-state index < -0.39 is 0 Å². The van der Waals surface area contributed by atoms with Gasteiger partial charge in [0.1, 0.15) is 0 Å². The predicted molar refractivity (Wildman–Crippen MR) is 72.4 cm³/mol. The highest BCUT2D eigenvalue weighted by Gasteiger charge is 2.15. The fourth-order valence-electron chi connectivity index (χ4n) is 2.90. The van der Waals surface area contributed by atoms with E-state index in [1.54, 1.807) is 0 Å². The number of rotatable bonds is 3. The molecule has 0 aromatic carbocycles. The third kappa shape index (κ3) is 5.03. The van der Waals surface area contributed by atoms with Crippen LogP contribution in [0.3, 0.4) is 0 Å². The fourth-order valence-corrected chi connectivity index (χ4v) is 2.90. The zero-order valence-electron chi connectivity index (χ0n) is 10.4. The van der Waals surface area contributed by atoms with Gasteiger partial charge in [-0.2, -0.15) is 0 Å². The summed E-state index contributed by atoms with van der Waals surface area (Å²) in [6.45, 7) is 6.61. The largest absolute Gasteiger partial charge is 0.317 e. The smallest absolute Gasteiger partial charge is 0.00161 e. The summed E-state index contributed by atoms with van der Waals surface area (Å²) in [6, 6.07) is 0. The SMILES string of the molecule is C1CCCN(CCC2CCNCC2)CC1.Cl. The zero-order chi connectivity index (χ0) is 10.3. The molecule has 0 saturated carbocycles. The fraction of sp³-hybridized carbons (Fsp3) is 1.00. The summed E-state index contributed by atoms with van der Waals surface area (Å²) in [5.41, 5.74) is 0. The first-order valence-corrected chi connectivity index (χ1v) is 6.88. The first-order valence-electron chi connectivity index (χ1n) is 6.88. The van der Waals surface area contributed by atoms with Crippen LogP contribution in [0.1, 0.15) is 44.9 Å². The molecule has 0 amide bonds. The molecule has 0 aromatic heterocycles. The molecular weight excluding hydrogens is 220 g/mol. The Labute approximate surface area is 107 Å². The van der Waals surface area contributed by atoms with Crippen molar-refractivity contribution in [3.8, 4) is 0 Å². The van der Waals surface area contributed by atoms with E-state index in [1.165, 1.54) is 77.7 Å². The Hall–Kier alpha value is 0.210. The van der Waals surface area contributed by atoms with Gasteiger partial charge in [0.05, 0.1) is 0 Å². The maximum atomic E-state index is 3.45. The van der Waals surface area contributed by atoms with Crippen molar-refractivity contribution in [2.75, 3.05) is 32.7 Å². The molecule has 1 N–H and O–H groups in total. The predicted octanol–water partition coefficient (Wildman–Crippen LogP) is 2.67. The van der Waals surface area contributed by atoms with Crippen molar-refractivity contribution < 1.29 is 0 Å². The van der Waals surface area contributed by atoms with Crippen molar-refractivity contribution in [1.29, 1.82) is 0 Å². The number of hydrogen-bond donors (Lipinski definition) is 1. The summed E-state index contributed by atoms with van der Waals surface area (Å²) >= 11 is 0. The Morgan fingerprint density at radius 1 is 0.938 bits per heavy atom. The first-order chi connectivity index (χ1) is 7.45. The van der Waals surface area contributed by atoms with Crippen molar-refractivity contribution in [3.05, 3.63) is 0 Å². The summed E-state index contributed by atoms with van der Waals surface area (Å²) in [5, 5.41) is 3.45. The Kier molecular flexibility index (Phi) is 7.42. The Balaban J connectivity index is 0.00000128. The van der Waals surface area contributed by atoms with Gasteiger partial charge in [-0.05, 0) is 70.7 Å². The van der Waals surface area contributed by atoms with Crippen LogP contribution in [-0.4, -0.2) is 37.6 Å². The average molecular weight is 247 g/mol. The minimum absolute atomic E-state index is 0. The van der Waals surface area contributed by atoms with E-state index in [-0.39, 0.29) is 12.4 Å². The van der Waals surface area contributed by atoms with Gasteiger partial charge in [-0.1, -0.05) is 12.8 Å². The summed E-state index contributed by atoms with van der Waals surface area (Å²) in [5.74, 6) is 1.01. The van der Waals surface area contributed by atoms with E-state index in [4.69, 9.17) is 0 Å². The molecule has 0 aliphatic carbocycles. The van der Waals surface area contributed by atoms with Crippen LogP contribution in [-0.2, 0) is 0 Å². The van der Waals surface area contributed by atoms with Gasteiger partial charge >= 0.3 is 0 Å². The first kappa shape index (κ1) is 14.3. The lowest BCUT2D eigenvalue weighted by atomic mass is 9.94. The maximum absolute atomic E-state index is 3.45. The summed E-state index contributed by atoms with van der Waals surface area (Å²) in [7, 11) is 0. The molecule has 3 heteroatoms. The molecule has 0 unspecified atom stereocenters. The van der Waals surface area contributed by atoms with Gasteiger partial charge in [0.25, 0.3) is 0 Å². The van der Waals surface area contributed by atoms with E-state index in [0.29, 0.717) is 0 Å². The molecule has 0 bridgehead atoms.